The van der Waals surface area contributed by atoms with Gasteiger partial charge in [0.25, 0.3) is 0 Å². The van der Waals surface area contributed by atoms with Crippen LogP contribution < -0.4 is 5.73 Å². The molecule has 15 heavy (non-hydrogen) atoms. The normalized spacial score (nSPS) is 14.9. The highest BCUT2D eigenvalue weighted by atomic mass is 35.5. The summed E-state index contributed by atoms with van der Waals surface area (Å²) in [6.07, 6.45) is 1.19. The molecule has 0 fully saturated rings. The topological polar surface area (TPSA) is 26.0 Å². The predicted octanol–water partition coefficient (Wildman–Crippen LogP) is 3.87. The summed E-state index contributed by atoms with van der Waals surface area (Å²) in [6, 6.07) is 7.91. The molecule has 2 N–H and O–H groups in total. The minimum Gasteiger partial charge on any atom is -0.323 e. The summed E-state index contributed by atoms with van der Waals surface area (Å²) in [5, 5.41) is 1.45. The van der Waals surface area contributed by atoms with Crippen LogP contribution in [0.1, 0.15) is 31.9 Å². The zero-order valence-corrected chi connectivity index (χ0v) is 10.8. The van der Waals surface area contributed by atoms with Gasteiger partial charge in [-0.1, -0.05) is 37.6 Å². The lowest BCUT2D eigenvalue weighted by atomic mass is 10.1. The van der Waals surface area contributed by atoms with Crippen molar-refractivity contribution in [3.63, 3.8) is 0 Å². The van der Waals surface area contributed by atoms with Crippen LogP contribution in [0.3, 0.4) is 0 Å². The van der Waals surface area contributed by atoms with Crippen molar-refractivity contribution >= 4 is 23.4 Å². The molecule has 0 saturated heterocycles. The summed E-state index contributed by atoms with van der Waals surface area (Å²) in [4.78, 5) is 0. The van der Waals surface area contributed by atoms with E-state index in [1.54, 1.807) is 0 Å². The standard InChI is InChI=1S/C12H18ClNS/c1-3-9(2)15-8-12(14)10-4-6-11(13)7-5-10/h4-7,9,12H,3,8,14H2,1-2H3. The van der Waals surface area contributed by atoms with E-state index in [4.69, 9.17) is 17.3 Å². The van der Waals surface area contributed by atoms with Crippen LogP contribution in [-0.4, -0.2) is 11.0 Å². The Bertz CT molecular complexity index is 286. The fourth-order valence-corrected chi connectivity index (χ4v) is 2.28. The largest absolute Gasteiger partial charge is 0.323 e. The van der Waals surface area contributed by atoms with Crippen molar-refractivity contribution in [2.24, 2.45) is 5.73 Å². The second-order valence-electron chi connectivity index (χ2n) is 3.71. The number of halogens is 1. The average molecular weight is 244 g/mol. The lowest BCUT2D eigenvalue weighted by Gasteiger charge is -2.14. The highest BCUT2D eigenvalue weighted by Crippen LogP contribution is 2.22. The maximum Gasteiger partial charge on any atom is 0.0406 e. The van der Waals surface area contributed by atoms with Crippen molar-refractivity contribution in [2.45, 2.75) is 31.6 Å². The number of thioether (sulfide) groups is 1. The summed E-state index contributed by atoms with van der Waals surface area (Å²) < 4.78 is 0. The Morgan fingerprint density at radius 2 is 1.93 bits per heavy atom. The Kier molecular flexibility index (Phi) is 5.51. The van der Waals surface area contributed by atoms with Crippen LogP contribution in [0.4, 0.5) is 0 Å². The number of nitrogens with two attached hydrogens (primary N) is 1. The van der Waals surface area contributed by atoms with Gasteiger partial charge in [0, 0.05) is 22.1 Å². The Morgan fingerprint density at radius 1 is 1.33 bits per heavy atom. The number of hydrogen-bond donors (Lipinski definition) is 1. The van der Waals surface area contributed by atoms with E-state index in [1.807, 2.05) is 36.0 Å². The molecular formula is C12H18ClNS. The van der Waals surface area contributed by atoms with E-state index in [9.17, 15) is 0 Å². The van der Waals surface area contributed by atoms with Crippen LogP contribution in [0, 0.1) is 0 Å². The van der Waals surface area contributed by atoms with Crippen molar-refractivity contribution < 1.29 is 0 Å². The van der Waals surface area contributed by atoms with Gasteiger partial charge in [-0.05, 0) is 24.1 Å². The van der Waals surface area contributed by atoms with Gasteiger partial charge in [0.15, 0.2) is 0 Å². The molecule has 0 amide bonds. The highest BCUT2D eigenvalue weighted by Gasteiger charge is 2.08. The molecule has 0 aliphatic heterocycles. The first kappa shape index (κ1) is 12.9. The van der Waals surface area contributed by atoms with E-state index in [-0.39, 0.29) is 6.04 Å². The molecule has 1 aromatic carbocycles. The van der Waals surface area contributed by atoms with Gasteiger partial charge < -0.3 is 5.73 Å². The average Bonchev–Trinajstić information content (AvgIpc) is 2.26. The van der Waals surface area contributed by atoms with Gasteiger partial charge in [0.2, 0.25) is 0 Å². The van der Waals surface area contributed by atoms with Gasteiger partial charge in [-0.25, -0.2) is 0 Å². The third kappa shape index (κ3) is 4.45. The molecule has 0 heterocycles. The molecule has 1 nitrogen and oxygen atoms in total. The Labute approximate surface area is 101 Å². The molecule has 2 atom stereocenters. The molecule has 0 aliphatic rings. The molecule has 0 aliphatic carbocycles. The molecule has 0 spiro atoms. The molecule has 0 saturated carbocycles. The van der Waals surface area contributed by atoms with Crippen LogP contribution in [0.2, 0.25) is 5.02 Å². The van der Waals surface area contributed by atoms with E-state index in [2.05, 4.69) is 13.8 Å². The zero-order valence-electron chi connectivity index (χ0n) is 9.24. The molecule has 1 rings (SSSR count). The Hall–Kier alpha value is -0.180. The van der Waals surface area contributed by atoms with Gasteiger partial charge >= 0.3 is 0 Å². The lowest BCUT2D eigenvalue weighted by molar-refractivity contribution is 0.821. The monoisotopic (exact) mass is 243 g/mol. The first-order valence-corrected chi connectivity index (χ1v) is 6.68. The summed E-state index contributed by atoms with van der Waals surface area (Å²) in [6.45, 7) is 4.44. The van der Waals surface area contributed by atoms with Crippen molar-refractivity contribution in [3.8, 4) is 0 Å². The van der Waals surface area contributed by atoms with Crippen LogP contribution in [-0.2, 0) is 0 Å². The van der Waals surface area contributed by atoms with Gasteiger partial charge in [0.05, 0.1) is 0 Å². The maximum atomic E-state index is 6.08. The second-order valence-corrected chi connectivity index (χ2v) is 5.62. The first-order valence-electron chi connectivity index (χ1n) is 5.26. The molecule has 3 heteroatoms. The number of benzene rings is 1. The fourth-order valence-electron chi connectivity index (χ4n) is 1.19. The van der Waals surface area contributed by atoms with Crippen molar-refractivity contribution in [1.82, 2.24) is 0 Å². The number of hydrogen-bond acceptors (Lipinski definition) is 2. The third-order valence-electron chi connectivity index (χ3n) is 2.43. The van der Waals surface area contributed by atoms with Gasteiger partial charge in [-0.2, -0.15) is 11.8 Å². The minimum absolute atomic E-state index is 0.112. The smallest absolute Gasteiger partial charge is 0.0406 e. The van der Waals surface area contributed by atoms with Gasteiger partial charge in [0.1, 0.15) is 0 Å². The van der Waals surface area contributed by atoms with Crippen molar-refractivity contribution in [1.29, 1.82) is 0 Å². The molecular weight excluding hydrogens is 226 g/mol. The van der Waals surface area contributed by atoms with Gasteiger partial charge in [-0.3, -0.25) is 0 Å². The molecule has 0 bridgehead atoms. The summed E-state index contributed by atoms with van der Waals surface area (Å²) in [5.74, 6) is 0.969. The van der Waals surface area contributed by atoms with E-state index in [0.29, 0.717) is 5.25 Å². The van der Waals surface area contributed by atoms with Crippen LogP contribution in [0.15, 0.2) is 24.3 Å². The third-order valence-corrected chi connectivity index (χ3v) is 4.14. The first-order chi connectivity index (χ1) is 7.13. The van der Waals surface area contributed by atoms with E-state index in [1.165, 1.54) is 6.42 Å². The second kappa shape index (κ2) is 6.41. The Morgan fingerprint density at radius 3 is 2.47 bits per heavy atom. The van der Waals surface area contributed by atoms with Gasteiger partial charge in [-0.15, -0.1) is 0 Å². The molecule has 84 valence electrons. The van der Waals surface area contributed by atoms with Crippen molar-refractivity contribution in [3.05, 3.63) is 34.9 Å². The fraction of sp³-hybridized carbons (Fsp3) is 0.500. The lowest BCUT2D eigenvalue weighted by Crippen LogP contribution is -2.14. The highest BCUT2D eigenvalue weighted by molar-refractivity contribution is 7.99. The van der Waals surface area contributed by atoms with Crippen LogP contribution in [0.25, 0.3) is 0 Å². The van der Waals surface area contributed by atoms with E-state index < -0.39 is 0 Å². The van der Waals surface area contributed by atoms with Crippen LogP contribution >= 0.6 is 23.4 Å². The molecule has 0 radical (unpaired) electrons. The summed E-state index contributed by atoms with van der Waals surface area (Å²) >= 11 is 7.75. The maximum absolute atomic E-state index is 6.08. The zero-order chi connectivity index (χ0) is 11.3. The summed E-state index contributed by atoms with van der Waals surface area (Å²) in [5.41, 5.74) is 7.25. The molecule has 0 aromatic heterocycles. The van der Waals surface area contributed by atoms with Crippen molar-refractivity contribution in [2.75, 3.05) is 5.75 Å². The minimum atomic E-state index is 0.112. The van der Waals surface area contributed by atoms with E-state index >= 15 is 0 Å². The summed E-state index contributed by atoms with van der Waals surface area (Å²) in [7, 11) is 0. The van der Waals surface area contributed by atoms with Crippen LogP contribution in [0.5, 0.6) is 0 Å². The predicted molar refractivity (Wildman–Crippen MR) is 70.6 cm³/mol. The quantitative estimate of drug-likeness (QED) is 0.850. The SMILES string of the molecule is CCC(C)SCC(N)c1ccc(Cl)cc1. The number of rotatable bonds is 5. The molecule has 2 unspecified atom stereocenters. The molecule has 1 aromatic rings. The van der Waals surface area contributed by atoms with E-state index in [0.717, 1.165) is 16.3 Å². The Balaban J connectivity index is 2.46.